The zero-order valence-electron chi connectivity index (χ0n) is 11.4. The Balaban J connectivity index is 2.02. The van der Waals surface area contributed by atoms with Crippen LogP contribution in [0.5, 0.6) is 0 Å². The number of hydrogen-bond acceptors (Lipinski definition) is 3. The molecular weight excluding hydrogens is 311 g/mol. The minimum absolute atomic E-state index is 0.0334. The number of hydrogen-bond donors (Lipinski definition) is 1. The SMILES string of the molecule is Cc1nc(C(NC2CC2)c2cccc(Cl)c2Cl)sc1C. The van der Waals surface area contributed by atoms with Gasteiger partial charge in [-0.15, -0.1) is 11.3 Å². The summed E-state index contributed by atoms with van der Waals surface area (Å²) < 4.78 is 0. The van der Waals surface area contributed by atoms with Gasteiger partial charge in [-0.3, -0.25) is 0 Å². The van der Waals surface area contributed by atoms with E-state index in [1.54, 1.807) is 11.3 Å². The third-order valence-corrected chi connectivity index (χ3v) is 5.54. The van der Waals surface area contributed by atoms with Gasteiger partial charge in [-0.2, -0.15) is 0 Å². The standard InChI is InChI=1S/C15H16Cl2N2S/c1-8-9(2)20-15(18-8)14(19-10-6-7-10)11-4-3-5-12(16)13(11)17/h3-5,10,14,19H,6-7H2,1-2H3. The van der Waals surface area contributed by atoms with E-state index in [-0.39, 0.29) is 6.04 Å². The molecule has 20 heavy (non-hydrogen) atoms. The highest BCUT2D eigenvalue weighted by atomic mass is 35.5. The Morgan fingerprint density at radius 3 is 2.65 bits per heavy atom. The van der Waals surface area contributed by atoms with Crippen LogP contribution in [0.4, 0.5) is 0 Å². The normalized spacial score (nSPS) is 16.4. The number of benzene rings is 1. The molecule has 2 aromatic rings. The Kier molecular flexibility index (Phi) is 4.04. The summed E-state index contributed by atoms with van der Waals surface area (Å²) in [5.41, 5.74) is 2.10. The van der Waals surface area contributed by atoms with Crippen molar-refractivity contribution in [3.05, 3.63) is 49.4 Å². The largest absolute Gasteiger partial charge is 0.301 e. The van der Waals surface area contributed by atoms with Crippen molar-refractivity contribution in [1.82, 2.24) is 10.3 Å². The lowest BCUT2D eigenvalue weighted by molar-refractivity contribution is 0.597. The summed E-state index contributed by atoms with van der Waals surface area (Å²) >= 11 is 14.3. The molecule has 1 atom stereocenters. The Morgan fingerprint density at radius 1 is 1.30 bits per heavy atom. The number of rotatable bonds is 4. The van der Waals surface area contributed by atoms with Crippen LogP contribution < -0.4 is 5.32 Å². The van der Waals surface area contributed by atoms with Crippen LogP contribution in [-0.2, 0) is 0 Å². The molecule has 1 aromatic heterocycles. The first-order chi connectivity index (χ1) is 9.56. The van der Waals surface area contributed by atoms with Gasteiger partial charge in [0.1, 0.15) is 5.01 Å². The molecule has 106 valence electrons. The van der Waals surface area contributed by atoms with E-state index >= 15 is 0 Å². The minimum atomic E-state index is 0.0334. The average molecular weight is 327 g/mol. The molecule has 1 aromatic carbocycles. The topological polar surface area (TPSA) is 24.9 Å². The predicted molar refractivity (Wildman–Crippen MR) is 86.1 cm³/mol. The summed E-state index contributed by atoms with van der Waals surface area (Å²) in [6.45, 7) is 4.15. The first-order valence-corrected chi connectivity index (χ1v) is 8.27. The molecule has 2 nitrogen and oxygen atoms in total. The van der Waals surface area contributed by atoms with E-state index in [0.717, 1.165) is 16.3 Å². The van der Waals surface area contributed by atoms with Crippen LogP contribution >= 0.6 is 34.5 Å². The van der Waals surface area contributed by atoms with Crippen LogP contribution in [0.3, 0.4) is 0 Å². The van der Waals surface area contributed by atoms with E-state index in [0.29, 0.717) is 16.1 Å². The first-order valence-electron chi connectivity index (χ1n) is 6.70. The lowest BCUT2D eigenvalue weighted by Gasteiger charge is -2.18. The monoisotopic (exact) mass is 326 g/mol. The zero-order chi connectivity index (χ0) is 14.3. The highest BCUT2D eigenvalue weighted by Gasteiger charge is 2.29. The molecule has 1 fully saturated rings. The van der Waals surface area contributed by atoms with Gasteiger partial charge in [0.2, 0.25) is 0 Å². The molecule has 1 aliphatic rings. The Morgan fingerprint density at radius 2 is 2.05 bits per heavy atom. The summed E-state index contributed by atoms with van der Waals surface area (Å²) in [6.07, 6.45) is 2.44. The molecule has 1 saturated carbocycles. The van der Waals surface area contributed by atoms with Crippen LogP contribution in [0.1, 0.15) is 40.0 Å². The second-order valence-electron chi connectivity index (χ2n) is 5.21. The maximum absolute atomic E-state index is 6.39. The second kappa shape index (κ2) is 5.64. The van der Waals surface area contributed by atoms with Gasteiger partial charge in [0.25, 0.3) is 0 Å². The van der Waals surface area contributed by atoms with Crippen molar-refractivity contribution < 1.29 is 0 Å². The number of thiazole rings is 1. The molecule has 3 rings (SSSR count). The van der Waals surface area contributed by atoms with Crippen molar-refractivity contribution in [2.45, 2.75) is 38.8 Å². The highest BCUT2D eigenvalue weighted by molar-refractivity contribution is 7.11. The molecule has 5 heteroatoms. The van der Waals surface area contributed by atoms with Crippen molar-refractivity contribution in [1.29, 1.82) is 0 Å². The van der Waals surface area contributed by atoms with Crippen LogP contribution in [0.2, 0.25) is 10.0 Å². The lowest BCUT2D eigenvalue weighted by atomic mass is 10.1. The lowest BCUT2D eigenvalue weighted by Crippen LogP contribution is -2.24. The van der Waals surface area contributed by atoms with Gasteiger partial charge in [-0.25, -0.2) is 4.98 Å². The molecule has 0 bridgehead atoms. The van der Waals surface area contributed by atoms with E-state index in [9.17, 15) is 0 Å². The highest BCUT2D eigenvalue weighted by Crippen LogP contribution is 2.37. The van der Waals surface area contributed by atoms with E-state index in [1.165, 1.54) is 17.7 Å². The minimum Gasteiger partial charge on any atom is -0.301 e. The molecule has 1 aliphatic carbocycles. The fourth-order valence-corrected chi connectivity index (χ4v) is 3.56. The molecular formula is C15H16Cl2N2S. The van der Waals surface area contributed by atoms with Gasteiger partial charge in [-0.05, 0) is 38.3 Å². The van der Waals surface area contributed by atoms with Crippen molar-refractivity contribution in [3.63, 3.8) is 0 Å². The van der Waals surface area contributed by atoms with Crippen LogP contribution in [-0.4, -0.2) is 11.0 Å². The van der Waals surface area contributed by atoms with E-state index in [2.05, 4.69) is 12.2 Å². The van der Waals surface area contributed by atoms with Crippen LogP contribution in [0, 0.1) is 13.8 Å². The maximum atomic E-state index is 6.39. The number of nitrogens with zero attached hydrogens (tertiary/aromatic N) is 1. The Bertz CT molecular complexity index is 615. The number of aromatic nitrogens is 1. The van der Waals surface area contributed by atoms with Crippen LogP contribution in [0.25, 0.3) is 0 Å². The van der Waals surface area contributed by atoms with E-state index < -0.39 is 0 Å². The van der Waals surface area contributed by atoms with Gasteiger partial charge >= 0.3 is 0 Å². The summed E-state index contributed by atoms with van der Waals surface area (Å²) in [7, 11) is 0. The van der Waals surface area contributed by atoms with Gasteiger partial charge < -0.3 is 5.32 Å². The molecule has 1 N–H and O–H groups in total. The fourth-order valence-electron chi connectivity index (χ4n) is 2.14. The van der Waals surface area contributed by atoms with Gasteiger partial charge in [0.15, 0.2) is 0 Å². The quantitative estimate of drug-likeness (QED) is 0.863. The van der Waals surface area contributed by atoms with Gasteiger partial charge in [0, 0.05) is 10.9 Å². The van der Waals surface area contributed by atoms with Crippen molar-refractivity contribution in [3.8, 4) is 0 Å². The van der Waals surface area contributed by atoms with Gasteiger partial charge in [-0.1, -0.05) is 35.3 Å². The van der Waals surface area contributed by atoms with Crippen molar-refractivity contribution in [2.24, 2.45) is 0 Å². The van der Waals surface area contributed by atoms with E-state index in [4.69, 9.17) is 28.2 Å². The summed E-state index contributed by atoms with van der Waals surface area (Å²) in [6, 6.07) is 6.39. The summed E-state index contributed by atoms with van der Waals surface area (Å²) in [4.78, 5) is 5.94. The fraction of sp³-hybridized carbons (Fsp3) is 0.400. The van der Waals surface area contributed by atoms with Gasteiger partial charge in [0.05, 0.1) is 21.8 Å². The maximum Gasteiger partial charge on any atom is 0.115 e. The number of halogens is 2. The molecule has 0 radical (unpaired) electrons. The molecule has 0 saturated heterocycles. The molecule has 0 amide bonds. The smallest absolute Gasteiger partial charge is 0.115 e. The molecule has 1 heterocycles. The Labute approximate surface area is 133 Å². The number of aryl methyl sites for hydroxylation is 2. The Hall–Kier alpha value is -0.610. The molecule has 1 unspecified atom stereocenters. The van der Waals surface area contributed by atoms with Crippen LogP contribution in [0.15, 0.2) is 18.2 Å². The van der Waals surface area contributed by atoms with Crippen molar-refractivity contribution in [2.75, 3.05) is 0 Å². The van der Waals surface area contributed by atoms with Crippen molar-refractivity contribution >= 4 is 34.5 Å². The summed E-state index contributed by atoms with van der Waals surface area (Å²) in [5.74, 6) is 0. The average Bonchev–Trinajstić information content (AvgIpc) is 3.17. The first kappa shape index (κ1) is 14.3. The third-order valence-electron chi connectivity index (χ3n) is 3.56. The predicted octanol–water partition coefficient (Wildman–Crippen LogP) is 4.91. The van der Waals surface area contributed by atoms with E-state index in [1.807, 2.05) is 25.1 Å². The second-order valence-corrected chi connectivity index (χ2v) is 7.23. The molecule has 0 aliphatic heterocycles. The zero-order valence-corrected chi connectivity index (χ0v) is 13.7. The number of nitrogens with one attached hydrogen (secondary N) is 1. The molecule has 0 spiro atoms. The third kappa shape index (κ3) is 2.86. The summed E-state index contributed by atoms with van der Waals surface area (Å²) in [5, 5.41) is 5.92.